The molecule has 0 unspecified atom stereocenters. The van der Waals surface area contributed by atoms with Gasteiger partial charge in [0, 0.05) is 11.1 Å². The molecule has 0 spiro atoms. The fraction of sp³-hybridized carbons (Fsp3) is 0.444. The van der Waals surface area contributed by atoms with Gasteiger partial charge in [0.25, 0.3) is 0 Å². The van der Waals surface area contributed by atoms with Gasteiger partial charge in [-0.1, -0.05) is 42.5 Å². The monoisotopic (exact) mass is 532 g/mol. The van der Waals surface area contributed by atoms with Crippen LogP contribution in [0.3, 0.4) is 0 Å². The van der Waals surface area contributed by atoms with E-state index in [1.807, 2.05) is 0 Å². The zero-order chi connectivity index (χ0) is 28.9. The molecular formula is C27H32O11. The zero-order valence-corrected chi connectivity index (χ0v) is 22.6. The summed E-state index contributed by atoms with van der Waals surface area (Å²) in [5, 5.41) is 0. The Morgan fingerprint density at radius 3 is 1.50 bits per heavy atom. The summed E-state index contributed by atoms with van der Waals surface area (Å²) in [6.45, 7) is 9.30. The van der Waals surface area contributed by atoms with Gasteiger partial charge in [-0.2, -0.15) is 9.78 Å². The molecule has 0 saturated carbocycles. The van der Waals surface area contributed by atoms with Crippen LogP contribution in [0.25, 0.3) is 0 Å². The fourth-order valence-electron chi connectivity index (χ4n) is 3.48. The van der Waals surface area contributed by atoms with Crippen molar-refractivity contribution in [2.24, 2.45) is 10.8 Å². The molecule has 38 heavy (non-hydrogen) atoms. The molecule has 2 rings (SSSR count). The van der Waals surface area contributed by atoms with E-state index in [1.165, 1.54) is 12.1 Å². The lowest BCUT2D eigenvalue weighted by atomic mass is 9.59. The predicted octanol–water partition coefficient (Wildman–Crippen LogP) is 3.23. The number of ketones is 1. The molecule has 0 radical (unpaired) electrons. The third-order valence-corrected chi connectivity index (χ3v) is 5.20. The van der Waals surface area contributed by atoms with E-state index in [4.69, 9.17) is 29.0 Å². The third-order valence-electron chi connectivity index (χ3n) is 5.20. The lowest BCUT2D eigenvalue weighted by Crippen LogP contribution is -2.62. The molecule has 0 fully saturated rings. The Morgan fingerprint density at radius 1 is 0.658 bits per heavy atom. The van der Waals surface area contributed by atoms with Crippen LogP contribution in [0.4, 0.5) is 0 Å². The van der Waals surface area contributed by atoms with Crippen molar-refractivity contribution in [1.29, 1.82) is 0 Å². The third kappa shape index (κ3) is 6.00. The van der Waals surface area contributed by atoms with Crippen LogP contribution in [-0.4, -0.2) is 55.1 Å². The number of ether oxygens (including phenoxy) is 2. The van der Waals surface area contributed by atoms with E-state index in [2.05, 4.69) is 0 Å². The Morgan fingerprint density at radius 2 is 1.11 bits per heavy atom. The number of methoxy groups -OCH3 is 2. The van der Waals surface area contributed by atoms with Crippen molar-refractivity contribution < 1.29 is 53.0 Å². The number of Topliss-reactive ketones (excluding diaryl/α,β-unsaturated/α-hetero) is 1. The van der Waals surface area contributed by atoms with Gasteiger partial charge in [0.05, 0.1) is 14.2 Å². The molecule has 11 nitrogen and oxygen atoms in total. The molecule has 1 aliphatic rings. The summed E-state index contributed by atoms with van der Waals surface area (Å²) < 4.78 is 9.74. The molecule has 0 amide bonds. The van der Waals surface area contributed by atoms with Gasteiger partial charge in [-0.05, 0) is 47.6 Å². The molecule has 206 valence electrons. The van der Waals surface area contributed by atoms with Gasteiger partial charge in [-0.25, -0.2) is 9.59 Å². The number of hydrogen-bond donors (Lipinski definition) is 0. The van der Waals surface area contributed by atoms with Crippen LogP contribution in [0.1, 0.15) is 51.9 Å². The van der Waals surface area contributed by atoms with E-state index in [9.17, 15) is 24.0 Å². The van der Waals surface area contributed by atoms with Crippen LogP contribution in [0.5, 0.6) is 0 Å². The maximum Gasteiger partial charge on any atom is 0.365 e. The molecule has 0 N–H and O–H groups in total. The second-order valence-electron chi connectivity index (χ2n) is 10.4. The zero-order valence-electron chi connectivity index (χ0n) is 22.6. The maximum absolute atomic E-state index is 13.7. The first-order valence-corrected chi connectivity index (χ1v) is 11.5. The van der Waals surface area contributed by atoms with Crippen molar-refractivity contribution >= 4 is 29.7 Å². The number of rotatable bonds is 8. The minimum absolute atomic E-state index is 0.205. The average molecular weight is 533 g/mol. The maximum atomic E-state index is 13.7. The van der Waals surface area contributed by atoms with Crippen molar-refractivity contribution in [2.45, 2.75) is 52.7 Å². The van der Waals surface area contributed by atoms with E-state index in [1.54, 1.807) is 59.7 Å². The lowest BCUT2D eigenvalue weighted by Gasteiger charge is -2.40. The number of carbonyl (C=O) groups is 5. The Hall–Kier alpha value is -3.83. The largest absolute Gasteiger partial charge is 0.468 e. The standard InChI is InChI=1S/C27H32O11/c1-24(2,3)37-35-22(31)26(23(32)36-38-25(4,5)6)15-14-18(19(28)17-12-10-9-11-13-17)16-27(26,20(29)33-7)21(30)34-8/h9-16H,1-8H3. The summed E-state index contributed by atoms with van der Waals surface area (Å²) in [6.07, 6.45) is 2.77. The molecule has 11 heteroatoms. The van der Waals surface area contributed by atoms with Crippen LogP contribution < -0.4 is 0 Å². The summed E-state index contributed by atoms with van der Waals surface area (Å²) in [6, 6.07) is 7.93. The molecule has 1 aromatic carbocycles. The van der Waals surface area contributed by atoms with Crippen LogP contribution in [0.15, 0.2) is 54.1 Å². The number of carbonyl (C=O) groups excluding carboxylic acids is 5. The summed E-state index contributed by atoms with van der Waals surface area (Å²) in [5.41, 5.74) is -7.95. The van der Waals surface area contributed by atoms with E-state index in [-0.39, 0.29) is 11.1 Å². The summed E-state index contributed by atoms with van der Waals surface area (Å²) in [5.74, 6) is -6.49. The normalized spacial score (nSPS) is 16.1. The van der Waals surface area contributed by atoms with Crippen LogP contribution in [0, 0.1) is 10.8 Å². The van der Waals surface area contributed by atoms with Crippen molar-refractivity contribution in [1.82, 2.24) is 0 Å². The first kappa shape index (κ1) is 30.4. The molecule has 0 bridgehead atoms. The average Bonchev–Trinajstić information content (AvgIpc) is 2.87. The molecule has 0 atom stereocenters. The molecule has 0 aromatic heterocycles. The van der Waals surface area contributed by atoms with Gasteiger partial charge in [-0.3, -0.25) is 24.2 Å². The second kappa shape index (κ2) is 11.3. The molecule has 0 saturated heterocycles. The quantitative estimate of drug-likeness (QED) is 0.160. The van der Waals surface area contributed by atoms with Gasteiger partial charge in [0.1, 0.15) is 11.2 Å². The van der Waals surface area contributed by atoms with Crippen LogP contribution in [-0.2, 0) is 48.2 Å². The number of hydrogen-bond acceptors (Lipinski definition) is 11. The molecule has 1 aliphatic carbocycles. The minimum atomic E-state index is -2.93. The predicted molar refractivity (Wildman–Crippen MR) is 131 cm³/mol. The van der Waals surface area contributed by atoms with Crippen LogP contribution >= 0.6 is 0 Å². The number of allylic oxidation sites excluding steroid dienone is 2. The summed E-state index contributed by atoms with van der Waals surface area (Å²) in [7, 11) is 1.85. The highest BCUT2D eigenvalue weighted by Gasteiger charge is 2.73. The first-order chi connectivity index (χ1) is 17.6. The van der Waals surface area contributed by atoms with E-state index in [0.29, 0.717) is 0 Å². The van der Waals surface area contributed by atoms with Crippen molar-refractivity contribution in [3.05, 3.63) is 59.7 Å². The van der Waals surface area contributed by atoms with E-state index < -0.39 is 51.7 Å². The van der Waals surface area contributed by atoms with Crippen molar-refractivity contribution in [2.75, 3.05) is 14.2 Å². The molecular weight excluding hydrogens is 500 g/mol. The Kier molecular flexibility index (Phi) is 9.02. The van der Waals surface area contributed by atoms with E-state index >= 15 is 0 Å². The lowest BCUT2D eigenvalue weighted by molar-refractivity contribution is -0.340. The minimum Gasteiger partial charge on any atom is -0.468 e. The van der Waals surface area contributed by atoms with Crippen molar-refractivity contribution in [3.8, 4) is 0 Å². The van der Waals surface area contributed by atoms with Gasteiger partial charge in [0.15, 0.2) is 5.78 Å². The summed E-state index contributed by atoms with van der Waals surface area (Å²) >= 11 is 0. The highest BCUT2D eigenvalue weighted by Crippen LogP contribution is 2.50. The highest BCUT2D eigenvalue weighted by atomic mass is 17.2. The molecule has 1 aromatic rings. The van der Waals surface area contributed by atoms with Crippen molar-refractivity contribution in [3.63, 3.8) is 0 Å². The Balaban J connectivity index is 2.87. The topological polar surface area (TPSA) is 141 Å². The van der Waals surface area contributed by atoms with Gasteiger partial charge in [0.2, 0.25) is 10.8 Å². The molecule has 0 aliphatic heterocycles. The molecule has 0 heterocycles. The van der Waals surface area contributed by atoms with Crippen LogP contribution in [0.2, 0.25) is 0 Å². The SMILES string of the molecule is COC(=O)C1(C(=O)OC)C=C(C(=O)c2ccccc2)C=CC1(C(=O)OOC(C)(C)C)C(=O)OOC(C)(C)C. The smallest absolute Gasteiger partial charge is 0.365 e. The second-order valence-corrected chi connectivity index (χ2v) is 10.4. The van der Waals surface area contributed by atoms with Gasteiger partial charge >= 0.3 is 23.9 Å². The van der Waals surface area contributed by atoms with Gasteiger partial charge in [-0.15, -0.1) is 0 Å². The highest BCUT2D eigenvalue weighted by molar-refractivity contribution is 6.20. The Labute approximate surface area is 220 Å². The fourth-order valence-corrected chi connectivity index (χ4v) is 3.48. The summed E-state index contributed by atoms with van der Waals surface area (Å²) in [4.78, 5) is 87.5. The van der Waals surface area contributed by atoms with Gasteiger partial charge < -0.3 is 9.47 Å². The number of esters is 2. The first-order valence-electron chi connectivity index (χ1n) is 11.5. The Bertz CT molecular complexity index is 1100. The number of benzene rings is 1. The van der Waals surface area contributed by atoms with E-state index in [0.717, 1.165) is 32.4 Å².